The minimum atomic E-state index is -0.676. The zero-order chi connectivity index (χ0) is 16.0. The summed E-state index contributed by atoms with van der Waals surface area (Å²) in [5, 5.41) is 25.6. The molecule has 0 aliphatic rings. The molecule has 1 aromatic rings. The van der Waals surface area contributed by atoms with Crippen molar-refractivity contribution in [2.75, 3.05) is 5.43 Å². The number of nitro benzene ring substituents is 2. The minimum Gasteiger partial charge on any atom is -0.272 e. The molecule has 0 fully saturated rings. The molecule has 0 aromatic heterocycles. The molecule has 0 radical (unpaired) electrons. The standard InChI is InChI=1S/C13H18N4O4/c1-4-10(9(2)3)8-14-15-12-6-5-11(16(18)19)7-13(12)17(20)21/h5-10,15H,4H2,1-3H3/b14-8+/t10-/m0/s1. The topological polar surface area (TPSA) is 111 Å². The summed E-state index contributed by atoms with van der Waals surface area (Å²) in [6, 6.07) is 3.39. The monoisotopic (exact) mass is 294 g/mol. The van der Waals surface area contributed by atoms with Crippen LogP contribution in [-0.4, -0.2) is 16.1 Å². The Morgan fingerprint density at radius 2 is 1.95 bits per heavy atom. The van der Waals surface area contributed by atoms with Crippen LogP contribution in [0.15, 0.2) is 23.3 Å². The van der Waals surface area contributed by atoms with Gasteiger partial charge in [0.15, 0.2) is 0 Å². The molecule has 0 saturated heterocycles. The molecular formula is C13H18N4O4. The number of nitro groups is 2. The minimum absolute atomic E-state index is 0.125. The molecule has 0 aliphatic heterocycles. The Morgan fingerprint density at radius 1 is 1.29 bits per heavy atom. The van der Waals surface area contributed by atoms with Crippen LogP contribution in [0, 0.1) is 32.1 Å². The molecule has 0 spiro atoms. The Balaban J connectivity index is 2.95. The first kappa shape index (κ1) is 16.5. The van der Waals surface area contributed by atoms with Crippen LogP contribution in [0.2, 0.25) is 0 Å². The predicted octanol–water partition coefficient (Wildman–Crippen LogP) is 3.58. The van der Waals surface area contributed by atoms with E-state index < -0.39 is 9.85 Å². The normalized spacial score (nSPS) is 12.6. The van der Waals surface area contributed by atoms with Crippen LogP contribution in [0.1, 0.15) is 27.2 Å². The summed E-state index contributed by atoms with van der Waals surface area (Å²) in [5.41, 5.74) is 2.01. The van der Waals surface area contributed by atoms with E-state index in [1.165, 1.54) is 12.1 Å². The van der Waals surface area contributed by atoms with Crippen molar-refractivity contribution in [3.63, 3.8) is 0 Å². The lowest BCUT2D eigenvalue weighted by Gasteiger charge is -2.12. The quantitative estimate of drug-likeness (QED) is 0.469. The van der Waals surface area contributed by atoms with E-state index in [0.717, 1.165) is 12.5 Å². The summed E-state index contributed by atoms with van der Waals surface area (Å²) in [7, 11) is 0. The summed E-state index contributed by atoms with van der Waals surface area (Å²) >= 11 is 0. The lowest BCUT2D eigenvalue weighted by molar-refractivity contribution is -0.393. The number of hydrogen-bond donors (Lipinski definition) is 1. The van der Waals surface area contributed by atoms with E-state index in [9.17, 15) is 20.2 Å². The van der Waals surface area contributed by atoms with Gasteiger partial charge in [-0.2, -0.15) is 5.10 Å². The van der Waals surface area contributed by atoms with E-state index in [1.807, 2.05) is 6.92 Å². The van der Waals surface area contributed by atoms with E-state index in [4.69, 9.17) is 0 Å². The number of nitrogens with zero attached hydrogens (tertiary/aromatic N) is 3. The van der Waals surface area contributed by atoms with Gasteiger partial charge in [-0.15, -0.1) is 0 Å². The fraction of sp³-hybridized carbons (Fsp3) is 0.462. The second-order valence-corrected chi connectivity index (χ2v) is 4.92. The zero-order valence-corrected chi connectivity index (χ0v) is 12.1. The smallest absolute Gasteiger partial charge is 0.272 e. The highest BCUT2D eigenvalue weighted by molar-refractivity contribution is 5.68. The molecule has 0 bridgehead atoms. The van der Waals surface area contributed by atoms with Crippen molar-refractivity contribution >= 4 is 23.3 Å². The van der Waals surface area contributed by atoms with Gasteiger partial charge in [-0.05, 0) is 24.3 Å². The van der Waals surface area contributed by atoms with E-state index in [2.05, 4.69) is 24.4 Å². The van der Waals surface area contributed by atoms with Crippen LogP contribution in [-0.2, 0) is 0 Å². The first-order valence-corrected chi connectivity index (χ1v) is 6.58. The SMILES string of the molecule is CC[C@@H](/C=N/Nc1ccc([N+](=O)[O-])cc1[N+](=O)[O-])C(C)C. The van der Waals surface area contributed by atoms with Gasteiger partial charge >= 0.3 is 5.69 Å². The lowest BCUT2D eigenvalue weighted by Crippen LogP contribution is -2.10. The first-order valence-electron chi connectivity index (χ1n) is 6.58. The molecule has 8 heteroatoms. The van der Waals surface area contributed by atoms with Gasteiger partial charge in [0.1, 0.15) is 5.69 Å². The molecule has 21 heavy (non-hydrogen) atoms. The zero-order valence-electron chi connectivity index (χ0n) is 12.1. The Morgan fingerprint density at radius 3 is 2.43 bits per heavy atom. The van der Waals surface area contributed by atoms with Gasteiger partial charge in [0.25, 0.3) is 5.69 Å². The number of rotatable bonds is 7. The third-order valence-electron chi connectivity index (χ3n) is 3.17. The number of benzene rings is 1. The Bertz CT molecular complexity index is 557. The highest BCUT2D eigenvalue weighted by Crippen LogP contribution is 2.28. The molecule has 1 atom stereocenters. The molecule has 1 N–H and O–H groups in total. The maximum Gasteiger partial charge on any atom is 0.301 e. The van der Waals surface area contributed by atoms with Crippen molar-refractivity contribution in [2.24, 2.45) is 16.9 Å². The predicted molar refractivity (Wildman–Crippen MR) is 80.5 cm³/mol. The average Bonchev–Trinajstić information content (AvgIpc) is 2.42. The van der Waals surface area contributed by atoms with Crippen LogP contribution < -0.4 is 5.43 Å². The number of hydrazone groups is 1. The number of non-ortho nitro benzene ring substituents is 1. The molecule has 0 aliphatic carbocycles. The van der Waals surface area contributed by atoms with Crippen LogP contribution in [0.5, 0.6) is 0 Å². The highest BCUT2D eigenvalue weighted by Gasteiger charge is 2.19. The lowest BCUT2D eigenvalue weighted by atomic mass is 9.95. The largest absolute Gasteiger partial charge is 0.301 e. The van der Waals surface area contributed by atoms with E-state index >= 15 is 0 Å². The Labute approximate surface area is 122 Å². The van der Waals surface area contributed by atoms with Crippen molar-refractivity contribution in [1.82, 2.24) is 0 Å². The van der Waals surface area contributed by atoms with Crippen molar-refractivity contribution in [3.8, 4) is 0 Å². The van der Waals surface area contributed by atoms with Gasteiger partial charge in [-0.1, -0.05) is 20.8 Å². The molecule has 8 nitrogen and oxygen atoms in total. The van der Waals surface area contributed by atoms with Gasteiger partial charge in [-0.25, -0.2) is 0 Å². The van der Waals surface area contributed by atoms with Crippen LogP contribution in [0.25, 0.3) is 0 Å². The molecule has 0 unspecified atom stereocenters. The third-order valence-corrected chi connectivity index (χ3v) is 3.17. The number of hydrogen-bond acceptors (Lipinski definition) is 6. The van der Waals surface area contributed by atoms with Crippen LogP contribution in [0.4, 0.5) is 17.1 Å². The van der Waals surface area contributed by atoms with Gasteiger partial charge < -0.3 is 0 Å². The summed E-state index contributed by atoms with van der Waals surface area (Å²) in [6.45, 7) is 6.16. The van der Waals surface area contributed by atoms with Gasteiger partial charge in [0.2, 0.25) is 0 Å². The molecular weight excluding hydrogens is 276 g/mol. The molecule has 0 heterocycles. The second kappa shape index (κ2) is 7.32. The van der Waals surface area contributed by atoms with E-state index in [-0.39, 0.29) is 23.0 Å². The van der Waals surface area contributed by atoms with Gasteiger partial charge in [0.05, 0.1) is 15.9 Å². The van der Waals surface area contributed by atoms with Crippen molar-refractivity contribution in [2.45, 2.75) is 27.2 Å². The van der Waals surface area contributed by atoms with Crippen molar-refractivity contribution in [1.29, 1.82) is 0 Å². The highest BCUT2D eigenvalue weighted by atomic mass is 16.6. The summed E-state index contributed by atoms with van der Waals surface area (Å²) < 4.78 is 0. The van der Waals surface area contributed by atoms with E-state index in [0.29, 0.717) is 5.92 Å². The Kier molecular flexibility index (Phi) is 5.77. The summed E-state index contributed by atoms with van der Waals surface area (Å²) in [4.78, 5) is 20.2. The van der Waals surface area contributed by atoms with Crippen LogP contribution in [0.3, 0.4) is 0 Å². The summed E-state index contributed by atoms with van der Waals surface area (Å²) in [5.74, 6) is 0.669. The maximum absolute atomic E-state index is 10.9. The fourth-order valence-electron chi connectivity index (χ4n) is 1.83. The second-order valence-electron chi connectivity index (χ2n) is 4.92. The third kappa shape index (κ3) is 4.51. The average molecular weight is 294 g/mol. The van der Waals surface area contributed by atoms with Crippen molar-refractivity contribution in [3.05, 3.63) is 38.4 Å². The molecule has 114 valence electrons. The Hall–Kier alpha value is -2.51. The van der Waals surface area contributed by atoms with E-state index in [1.54, 1.807) is 6.21 Å². The summed E-state index contributed by atoms with van der Waals surface area (Å²) in [6.07, 6.45) is 2.61. The maximum atomic E-state index is 10.9. The number of anilines is 1. The van der Waals surface area contributed by atoms with Crippen LogP contribution >= 0.6 is 0 Å². The molecule has 0 amide bonds. The van der Waals surface area contributed by atoms with Gasteiger partial charge in [0, 0.05) is 12.3 Å². The molecule has 0 saturated carbocycles. The first-order chi connectivity index (χ1) is 9.86. The fourth-order valence-corrected chi connectivity index (χ4v) is 1.83. The number of nitrogens with one attached hydrogen (secondary N) is 1. The van der Waals surface area contributed by atoms with Crippen molar-refractivity contribution < 1.29 is 9.85 Å². The molecule has 1 rings (SSSR count). The molecule has 1 aromatic carbocycles. The van der Waals surface area contributed by atoms with Gasteiger partial charge in [-0.3, -0.25) is 25.7 Å².